The van der Waals surface area contributed by atoms with Crippen LogP contribution in [-0.2, 0) is 6.61 Å². The van der Waals surface area contributed by atoms with E-state index in [9.17, 15) is 8.78 Å². The van der Waals surface area contributed by atoms with E-state index in [-0.39, 0.29) is 17.7 Å². The number of benzene rings is 2. The van der Waals surface area contributed by atoms with Gasteiger partial charge in [-0.2, -0.15) is 0 Å². The zero-order valence-corrected chi connectivity index (χ0v) is 11.6. The molecule has 0 saturated heterocycles. The predicted octanol–water partition coefficient (Wildman–Crippen LogP) is 4.22. The van der Waals surface area contributed by atoms with Crippen molar-refractivity contribution >= 4 is 11.6 Å². The van der Waals surface area contributed by atoms with E-state index < -0.39 is 11.6 Å². The molecule has 20 heavy (non-hydrogen) atoms. The van der Waals surface area contributed by atoms with Crippen molar-refractivity contribution in [2.24, 2.45) is 5.73 Å². The van der Waals surface area contributed by atoms with Gasteiger partial charge in [-0.05, 0) is 25.1 Å². The van der Waals surface area contributed by atoms with Gasteiger partial charge in [0.15, 0.2) is 0 Å². The van der Waals surface area contributed by atoms with E-state index in [4.69, 9.17) is 22.1 Å². The summed E-state index contributed by atoms with van der Waals surface area (Å²) in [6.45, 7) is 1.84. The van der Waals surface area contributed by atoms with Crippen molar-refractivity contribution in [1.82, 2.24) is 0 Å². The maximum atomic E-state index is 13.7. The summed E-state index contributed by atoms with van der Waals surface area (Å²) in [7, 11) is 0. The van der Waals surface area contributed by atoms with Crippen molar-refractivity contribution in [3.05, 3.63) is 64.2 Å². The molecule has 2 aromatic rings. The van der Waals surface area contributed by atoms with Crippen LogP contribution in [0.2, 0.25) is 5.02 Å². The van der Waals surface area contributed by atoms with Crippen molar-refractivity contribution in [2.45, 2.75) is 19.6 Å². The van der Waals surface area contributed by atoms with Gasteiger partial charge in [0.05, 0.1) is 5.02 Å². The first-order chi connectivity index (χ1) is 9.47. The van der Waals surface area contributed by atoms with Crippen LogP contribution >= 0.6 is 11.6 Å². The Morgan fingerprint density at radius 2 is 1.95 bits per heavy atom. The van der Waals surface area contributed by atoms with E-state index in [0.717, 1.165) is 0 Å². The SMILES string of the molecule is C[C@H](N)c1ccc(OCc2ccc(F)cc2Cl)cc1F. The molecule has 0 heterocycles. The molecule has 0 bridgehead atoms. The fraction of sp³-hybridized carbons (Fsp3) is 0.200. The molecule has 0 saturated carbocycles. The highest BCUT2D eigenvalue weighted by atomic mass is 35.5. The Bertz CT molecular complexity index is 617. The van der Waals surface area contributed by atoms with Gasteiger partial charge in [-0.3, -0.25) is 0 Å². The molecule has 2 rings (SSSR count). The predicted molar refractivity (Wildman–Crippen MR) is 74.7 cm³/mol. The van der Waals surface area contributed by atoms with Gasteiger partial charge >= 0.3 is 0 Å². The number of ether oxygens (including phenoxy) is 1. The molecule has 0 spiro atoms. The second-order valence-corrected chi connectivity index (χ2v) is 4.90. The largest absolute Gasteiger partial charge is 0.489 e. The molecule has 106 valence electrons. The summed E-state index contributed by atoms with van der Waals surface area (Å²) in [6, 6.07) is 8.15. The second kappa shape index (κ2) is 6.20. The Morgan fingerprint density at radius 1 is 1.20 bits per heavy atom. The molecule has 0 aromatic heterocycles. The molecule has 1 atom stereocenters. The molecule has 2 aromatic carbocycles. The van der Waals surface area contributed by atoms with Crippen LogP contribution in [0, 0.1) is 11.6 Å². The molecule has 0 aliphatic rings. The molecule has 0 aliphatic heterocycles. The number of rotatable bonds is 4. The van der Waals surface area contributed by atoms with Crippen LogP contribution in [0.1, 0.15) is 24.1 Å². The van der Waals surface area contributed by atoms with Crippen LogP contribution in [0.25, 0.3) is 0 Å². The fourth-order valence-corrected chi connectivity index (χ4v) is 1.99. The quantitative estimate of drug-likeness (QED) is 0.917. The third-order valence-corrected chi connectivity index (χ3v) is 3.22. The first-order valence-electron chi connectivity index (χ1n) is 6.09. The van der Waals surface area contributed by atoms with E-state index in [2.05, 4.69) is 0 Å². The monoisotopic (exact) mass is 297 g/mol. The Kier molecular flexibility index (Phi) is 4.57. The lowest BCUT2D eigenvalue weighted by atomic mass is 10.1. The highest BCUT2D eigenvalue weighted by Gasteiger charge is 2.09. The third kappa shape index (κ3) is 3.46. The summed E-state index contributed by atoms with van der Waals surface area (Å²) in [5, 5.41) is 0.276. The van der Waals surface area contributed by atoms with Crippen LogP contribution in [0.5, 0.6) is 5.75 Å². The Balaban J connectivity index is 2.09. The molecule has 2 nitrogen and oxygen atoms in total. The topological polar surface area (TPSA) is 35.2 Å². The first-order valence-corrected chi connectivity index (χ1v) is 6.47. The Hall–Kier alpha value is -1.65. The van der Waals surface area contributed by atoms with Gasteiger partial charge < -0.3 is 10.5 Å². The number of hydrogen-bond donors (Lipinski definition) is 1. The standard InChI is InChI=1S/C15H14ClF2NO/c1-9(19)13-5-4-12(7-15(13)18)20-8-10-2-3-11(17)6-14(10)16/h2-7,9H,8,19H2,1H3/t9-/m0/s1. The molecule has 2 N–H and O–H groups in total. The van der Waals surface area contributed by atoms with E-state index in [0.29, 0.717) is 16.9 Å². The zero-order chi connectivity index (χ0) is 14.7. The van der Waals surface area contributed by atoms with Gasteiger partial charge in [0.2, 0.25) is 0 Å². The van der Waals surface area contributed by atoms with Gasteiger partial charge in [0.25, 0.3) is 0 Å². The number of nitrogens with two attached hydrogens (primary N) is 1. The van der Waals surface area contributed by atoms with Crippen LogP contribution < -0.4 is 10.5 Å². The van der Waals surface area contributed by atoms with Crippen LogP contribution in [0.15, 0.2) is 36.4 Å². The van der Waals surface area contributed by atoms with Crippen LogP contribution in [0.4, 0.5) is 8.78 Å². The Labute approximate surface area is 121 Å². The molecular weight excluding hydrogens is 284 g/mol. The molecular formula is C15H14ClF2NO. The Morgan fingerprint density at radius 3 is 2.55 bits per heavy atom. The van der Waals surface area contributed by atoms with E-state index in [1.54, 1.807) is 19.1 Å². The summed E-state index contributed by atoms with van der Waals surface area (Å²) in [5.41, 5.74) is 6.69. The average Bonchev–Trinajstić information content (AvgIpc) is 2.37. The third-order valence-electron chi connectivity index (χ3n) is 2.87. The lowest BCUT2D eigenvalue weighted by molar-refractivity contribution is 0.304. The minimum atomic E-state index is -0.414. The van der Waals surface area contributed by atoms with E-state index in [1.807, 2.05) is 0 Å². The van der Waals surface area contributed by atoms with Crippen molar-refractivity contribution in [2.75, 3.05) is 0 Å². The highest BCUT2D eigenvalue weighted by Crippen LogP contribution is 2.23. The minimum Gasteiger partial charge on any atom is -0.489 e. The van der Waals surface area contributed by atoms with Crippen molar-refractivity contribution in [1.29, 1.82) is 0 Å². The van der Waals surface area contributed by atoms with Crippen molar-refractivity contribution in [3.63, 3.8) is 0 Å². The van der Waals surface area contributed by atoms with Gasteiger partial charge in [-0.1, -0.05) is 23.7 Å². The second-order valence-electron chi connectivity index (χ2n) is 4.50. The molecule has 0 unspecified atom stereocenters. The maximum Gasteiger partial charge on any atom is 0.131 e. The summed E-state index contributed by atoms with van der Waals surface area (Å²) in [4.78, 5) is 0. The number of halogens is 3. The minimum absolute atomic E-state index is 0.135. The van der Waals surface area contributed by atoms with E-state index >= 15 is 0 Å². The first kappa shape index (κ1) is 14.8. The van der Waals surface area contributed by atoms with Gasteiger partial charge in [0, 0.05) is 23.2 Å². The van der Waals surface area contributed by atoms with Gasteiger partial charge in [0.1, 0.15) is 24.0 Å². The van der Waals surface area contributed by atoms with E-state index in [1.165, 1.54) is 24.3 Å². The maximum absolute atomic E-state index is 13.7. The number of hydrogen-bond acceptors (Lipinski definition) is 2. The normalized spacial score (nSPS) is 12.2. The molecule has 0 radical (unpaired) electrons. The molecule has 5 heteroatoms. The molecule has 0 aliphatic carbocycles. The van der Waals surface area contributed by atoms with Gasteiger partial charge in [-0.15, -0.1) is 0 Å². The van der Waals surface area contributed by atoms with Gasteiger partial charge in [-0.25, -0.2) is 8.78 Å². The lowest BCUT2D eigenvalue weighted by Crippen LogP contribution is -2.07. The fourth-order valence-electron chi connectivity index (χ4n) is 1.77. The average molecular weight is 298 g/mol. The zero-order valence-electron chi connectivity index (χ0n) is 10.9. The lowest BCUT2D eigenvalue weighted by Gasteiger charge is -2.11. The van der Waals surface area contributed by atoms with Crippen molar-refractivity contribution in [3.8, 4) is 5.75 Å². The van der Waals surface area contributed by atoms with Crippen molar-refractivity contribution < 1.29 is 13.5 Å². The molecule has 0 fully saturated rings. The summed E-state index contributed by atoms with van der Waals surface area (Å²) in [5.74, 6) is -0.457. The summed E-state index contributed by atoms with van der Waals surface area (Å²) < 4.78 is 32.1. The summed E-state index contributed by atoms with van der Waals surface area (Å²) >= 11 is 5.88. The van der Waals surface area contributed by atoms with Crippen LogP contribution in [0.3, 0.4) is 0 Å². The molecule has 0 amide bonds. The summed E-state index contributed by atoms with van der Waals surface area (Å²) in [6.07, 6.45) is 0. The highest BCUT2D eigenvalue weighted by molar-refractivity contribution is 6.31. The van der Waals surface area contributed by atoms with Crippen LogP contribution in [-0.4, -0.2) is 0 Å². The smallest absolute Gasteiger partial charge is 0.131 e.